The molecule has 0 aromatic rings. The van der Waals surface area contributed by atoms with Gasteiger partial charge in [-0.1, -0.05) is 39.3 Å². The van der Waals surface area contributed by atoms with Crippen molar-refractivity contribution >= 4 is 45.7 Å². The number of carbonyl (C=O) groups excluding carboxylic acids is 4. The number of hydrogen-bond donors (Lipinski definition) is 5. The Morgan fingerprint density at radius 3 is 2.71 bits per heavy atom. The summed E-state index contributed by atoms with van der Waals surface area (Å²) >= 11 is 0. The maximum atomic E-state index is 14.6. The first kappa shape index (κ1) is 40.8. The lowest BCUT2D eigenvalue weighted by Gasteiger charge is -2.59. The van der Waals surface area contributed by atoms with Gasteiger partial charge in [0, 0.05) is 79.6 Å². The van der Waals surface area contributed by atoms with Crippen molar-refractivity contribution in [3.63, 3.8) is 0 Å². The van der Waals surface area contributed by atoms with E-state index in [1.54, 1.807) is 34.6 Å². The number of nitrogens with zero attached hydrogens (tertiary/aromatic N) is 1. The highest BCUT2D eigenvalue weighted by Crippen LogP contribution is 2.63. The van der Waals surface area contributed by atoms with Gasteiger partial charge in [-0.15, -0.1) is 0 Å². The molecule has 3 aliphatic carbocycles. The van der Waals surface area contributed by atoms with Crippen LogP contribution >= 0.6 is 21.6 Å². The highest BCUT2D eigenvalue weighted by atomic mass is 33.1. The smallest absolute Gasteiger partial charge is 0.334 e. The lowest BCUT2D eigenvalue weighted by molar-refractivity contribution is -0.706. The van der Waals surface area contributed by atoms with Gasteiger partial charge in [0.2, 0.25) is 5.91 Å². The number of aldehydes is 1. The Balaban J connectivity index is 1.23. The summed E-state index contributed by atoms with van der Waals surface area (Å²) in [5.41, 5.74) is 5.89. The second kappa shape index (κ2) is 16.2. The molecule has 8 aliphatic rings. The third-order valence-electron chi connectivity index (χ3n) is 15.5. The van der Waals surface area contributed by atoms with Crippen molar-refractivity contribution in [1.29, 1.82) is 0 Å². The maximum absolute atomic E-state index is 14.6. The van der Waals surface area contributed by atoms with Crippen LogP contribution < -0.4 is 16.4 Å². The molecule has 7 fully saturated rings. The molecule has 8 rings (SSSR count). The van der Waals surface area contributed by atoms with Crippen LogP contribution in [0.1, 0.15) is 71.6 Å². The zero-order valence-corrected chi connectivity index (χ0v) is 34.6. The van der Waals surface area contributed by atoms with Gasteiger partial charge in [-0.3, -0.25) is 15.3 Å². The van der Waals surface area contributed by atoms with E-state index < -0.39 is 23.1 Å². The van der Waals surface area contributed by atoms with Crippen LogP contribution in [0, 0.1) is 47.3 Å². The molecule has 310 valence electrons. The third kappa shape index (κ3) is 6.81. The van der Waals surface area contributed by atoms with E-state index in [0.717, 1.165) is 31.1 Å². The molecular formula is C41H62N4O9S2+2. The molecule has 56 heavy (non-hydrogen) atoms. The summed E-state index contributed by atoms with van der Waals surface area (Å²) in [4.78, 5) is 55.7. The minimum atomic E-state index is -1.33. The highest BCUT2D eigenvalue weighted by molar-refractivity contribution is 8.77. The van der Waals surface area contributed by atoms with Gasteiger partial charge < -0.3 is 44.8 Å². The van der Waals surface area contributed by atoms with Crippen LogP contribution in [-0.4, -0.2) is 125 Å². The second-order valence-corrected chi connectivity index (χ2v) is 20.8. The van der Waals surface area contributed by atoms with Crippen LogP contribution in [0.5, 0.6) is 0 Å². The molecule has 1 amide bonds. The van der Waals surface area contributed by atoms with Crippen LogP contribution in [0.4, 0.5) is 0 Å². The second-order valence-electron chi connectivity index (χ2n) is 18.1. The number of quaternary nitrogens is 2. The number of rotatable bonds is 7. The molecule has 0 aromatic heterocycles. The first-order chi connectivity index (χ1) is 27.0. The number of ether oxygens (including phenoxy) is 3. The van der Waals surface area contributed by atoms with Crippen molar-refractivity contribution in [1.82, 2.24) is 4.90 Å². The van der Waals surface area contributed by atoms with Gasteiger partial charge in [-0.05, 0) is 57.3 Å². The van der Waals surface area contributed by atoms with E-state index >= 15 is 0 Å². The van der Waals surface area contributed by atoms with Gasteiger partial charge in [-0.2, -0.15) is 0 Å². The fourth-order valence-electron chi connectivity index (χ4n) is 12.8. The summed E-state index contributed by atoms with van der Waals surface area (Å²) in [6.45, 7) is 4.54. The number of nitrogens with two attached hydrogens (primary N) is 3. The Morgan fingerprint density at radius 1 is 1.16 bits per heavy atom. The molecule has 0 radical (unpaired) electrons. The lowest BCUT2D eigenvalue weighted by Crippen LogP contribution is -2.96. The summed E-state index contributed by atoms with van der Waals surface area (Å²) in [5.74, 6) is -0.412. The summed E-state index contributed by atoms with van der Waals surface area (Å²) < 4.78 is 20.3. The largest absolute Gasteiger partial charge is 0.462 e. The zero-order chi connectivity index (χ0) is 39.5. The van der Waals surface area contributed by atoms with E-state index in [-0.39, 0.29) is 109 Å². The van der Waals surface area contributed by atoms with Crippen molar-refractivity contribution in [3.05, 3.63) is 23.3 Å². The van der Waals surface area contributed by atoms with E-state index in [0.29, 0.717) is 56.5 Å². The highest BCUT2D eigenvalue weighted by Gasteiger charge is 2.70. The number of piperidine rings is 1. The van der Waals surface area contributed by atoms with Crippen molar-refractivity contribution in [2.24, 2.45) is 53.1 Å². The third-order valence-corrected chi connectivity index (χ3v) is 18.4. The van der Waals surface area contributed by atoms with Gasteiger partial charge in [0.05, 0.1) is 44.2 Å². The molecule has 13 nitrogen and oxygen atoms in total. The van der Waals surface area contributed by atoms with E-state index in [2.05, 4.69) is 21.6 Å². The Labute approximate surface area is 337 Å². The lowest BCUT2D eigenvalue weighted by atomic mass is 9.53. The zero-order valence-electron chi connectivity index (χ0n) is 33.0. The standard InChI is InChI=1S/C41H60N4O9S2/c1-4-21(7-8-46)39(51)54-40(2)27(19-48)10-26-20-55-56-32-11-25(18-47)37(43-3)29-17-45(38(29)32)34(49)12-24-16-44-33(42)13-28(24)36(26)41(40)15-23-9-22-5-6-35(50)52-30(22)14-31(23)53-41/h4,10,18,22-25,27-33,36-38,43-44,46,48H,5-9,11-17,19-20,42H2,1-3H3/p+2/t22?,23?,24?,25-,27-,28?,29-,30?,31?,32+,33?,36+,37+,38+,40+,41+/m1/s1. The fourth-order valence-corrected chi connectivity index (χ4v) is 15.9. The maximum Gasteiger partial charge on any atom is 0.334 e. The molecule has 5 saturated heterocycles. The number of hydrogen-bond acceptors (Lipinski definition) is 12. The number of esters is 2. The normalized spacial score (nSPS) is 46.3. The Kier molecular flexibility index (Phi) is 11.8. The predicted octanol–water partition coefficient (Wildman–Crippen LogP) is 0.287. The number of fused-ring (bicyclic) bond motifs is 6. The van der Waals surface area contributed by atoms with Gasteiger partial charge in [-0.25, -0.2) is 4.79 Å². The van der Waals surface area contributed by atoms with Gasteiger partial charge in [0.25, 0.3) is 0 Å². The number of amides is 1. The van der Waals surface area contributed by atoms with Crippen LogP contribution in [-0.2, 0) is 33.4 Å². The van der Waals surface area contributed by atoms with Crippen molar-refractivity contribution in [2.45, 2.75) is 119 Å². The Hall–Kier alpha value is -1.98. The molecule has 16 atom stereocenters. The SMILES string of the molecule is CC=C(CCO)C(=O)O[C@@]1(C)[C@@H](CO)C=C2CSS[C@H]3C[C@H](C=O)[C@H]([NH2+]C)[C@H]4CN(C(=O)CC5C[NH2+]C(N)CC5[C@H]2[C@@]12CC1CC5CCC(=O)OC5CC1O2)[C@@H]43. The van der Waals surface area contributed by atoms with Crippen molar-refractivity contribution < 1.29 is 54.2 Å². The number of aliphatic hydroxyl groups excluding tert-OH is 2. The van der Waals surface area contributed by atoms with Gasteiger partial charge in [0.1, 0.15) is 35.8 Å². The summed E-state index contributed by atoms with van der Waals surface area (Å²) in [5, 5.41) is 25.6. The molecule has 5 aliphatic heterocycles. The van der Waals surface area contributed by atoms with E-state index in [1.807, 2.05) is 14.0 Å². The number of carbonyl (C=O) groups is 4. The number of aliphatic hydroxyl groups is 2. The van der Waals surface area contributed by atoms with Crippen molar-refractivity contribution in [3.8, 4) is 0 Å². The average molecular weight is 819 g/mol. The van der Waals surface area contributed by atoms with E-state index in [4.69, 9.17) is 19.9 Å². The first-order valence-electron chi connectivity index (χ1n) is 21.1. The molecule has 0 aromatic carbocycles. The Bertz CT molecular complexity index is 1620. The summed E-state index contributed by atoms with van der Waals surface area (Å²) in [7, 11) is 5.57. The Morgan fingerprint density at radius 2 is 1.98 bits per heavy atom. The molecule has 5 heterocycles. The first-order valence-corrected chi connectivity index (χ1v) is 23.5. The summed E-state index contributed by atoms with van der Waals surface area (Å²) in [6.07, 6.45) is 9.27. The average Bonchev–Trinajstić information content (AvgIpc) is 3.53. The van der Waals surface area contributed by atoms with Crippen molar-refractivity contribution in [2.75, 3.05) is 39.1 Å². The molecule has 1 spiro atoms. The van der Waals surface area contributed by atoms with Crippen LogP contribution in [0.15, 0.2) is 23.3 Å². The molecule has 8 N–H and O–H groups in total. The minimum Gasteiger partial charge on any atom is -0.462 e. The molecule has 2 saturated carbocycles. The molecule has 7 unspecified atom stereocenters. The molecule has 15 heteroatoms. The van der Waals surface area contributed by atoms with E-state index in [1.165, 1.54) is 0 Å². The van der Waals surface area contributed by atoms with Crippen LogP contribution in [0.2, 0.25) is 0 Å². The van der Waals surface area contributed by atoms with Crippen LogP contribution in [0.3, 0.4) is 0 Å². The van der Waals surface area contributed by atoms with Gasteiger partial charge >= 0.3 is 11.9 Å². The molecule has 0 bridgehead atoms. The molecular weight excluding hydrogens is 757 g/mol. The number of allylic oxidation sites excluding steroid dienone is 1. The monoisotopic (exact) mass is 818 g/mol. The summed E-state index contributed by atoms with van der Waals surface area (Å²) in [6, 6.07) is 0.246. The van der Waals surface area contributed by atoms with Crippen LogP contribution in [0.25, 0.3) is 0 Å². The van der Waals surface area contributed by atoms with Gasteiger partial charge in [0.15, 0.2) is 0 Å². The quantitative estimate of drug-likeness (QED) is 0.0776. The fraction of sp³-hybridized carbons (Fsp3) is 0.805. The predicted molar refractivity (Wildman–Crippen MR) is 209 cm³/mol. The topological polar surface area (TPSA) is 199 Å². The van der Waals surface area contributed by atoms with E-state index in [9.17, 15) is 29.4 Å². The minimum absolute atomic E-state index is 0.0390.